The van der Waals surface area contributed by atoms with E-state index in [9.17, 15) is 4.79 Å². The number of aromatic nitrogens is 3. The second-order valence-electron chi connectivity index (χ2n) is 7.74. The van der Waals surface area contributed by atoms with Gasteiger partial charge in [0.25, 0.3) is 0 Å². The van der Waals surface area contributed by atoms with E-state index in [0.717, 1.165) is 23.5 Å². The SMILES string of the molecule is Cc1ccc(-c2n[nH]c(=S)n2CCC(=O)N(CCc2ccccc2)c2ccccc2)cc1. The Bertz CT molecular complexity index is 1210. The number of para-hydroxylation sites is 1. The molecule has 0 saturated carbocycles. The fraction of sp³-hybridized carbons (Fsp3) is 0.192. The quantitative estimate of drug-likeness (QED) is 0.362. The Morgan fingerprint density at radius 1 is 0.969 bits per heavy atom. The molecule has 0 spiro atoms. The van der Waals surface area contributed by atoms with Crippen LogP contribution in [0.1, 0.15) is 17.5 Å². The van der Waals surface area contributed by atoms with Gasteiger partial charge in [-0.3, -0.25) is 14.5 Å². The Balaban J connectivity index is 1.51. The highest BCUT2D eigenvalue weighted by molar-refractivity contribution is 7.71. The van der Waals surface area contributed by atoms with Crippen LogP contribution in [0.25, 0.3) is 11.4 Å². The van der Waals surface area contributed by atoms with E-state index in [0.29, 0.717) is 24.3 Å². The summed E-state index contributed by atoms with van der Waals surface area (Å²) in [6.45, 7) is 3.13. The van der Waals surface area contributed by atoms with Gasteiger partial charge in [0.15, 0.2) is 10.6 Å². The van der Waals surface area contributed by atoms with E-state index in [-0.39, 0.29) is 5.91 Å². The molecule has 32 heavy (non-hydrogen) atoms. The summed E-state index contributed by atoms with van der Waals surface area (Å²) in [5, 5.41) is 7.27. The number of carbonyl (C=O) groups excluding carboxylic acids is 1. The summed E-state index contributed by atoms with van der Waals surface area (Å²) in [5.74, 6) is 0.809. The van der Waals surface area contributed by atoms with Crippen molar-refractivity contribution in [3.05, 3.63) is 101 Å². The third kappa shape index (κ3) is 5.21. The Morgan fingerprint density at radius 2 is 1.62 bits per heavy atom. The van der Waals surface area contributed by atoms with Gasteiger partial charge in [-0.05, 0) is 43.3 Å². The first-order valence-electron chi connectivity index (χ1n) is 10.7. The lowest BCUT2D eigenvalue weighted by Gasteiger charge is -2.23. The third-order valence-corrected chi connectivity index (χ3v) is 5.76. The predicted octanol–water partition coefficient (Wildman–Crippen LogP) is 5.58. The van der Waals surface area contributed by atoms with Crippen LogP contribution in [0.5, 0.6) is 0 Å². The van der Waals surface area contributed by atoms with Crippen LogP contribution in [-0.4, -0.2) is 27.2 Å². The van der Waals surface area contributed by atoms with Crippen molar-refractivity contribution < 1.29 is 4.79 Å². The molecule has 6 heteroatoms. The van der Waals surface area contributed by atoms with Gasteiger partial charge >= 0.3 is 0 Å². The molecule has 5 nitrogen and oxygen atoms in total. The van der Waals surface area contributed by atoms with E-state index in [1.807, 2.05) is 89.2 Å². The molecule has 0 saturated heterocycles. The lowest BCUT2D eigenvalue weighted by atomic mass is 10.1. The molecular formula is C26H26N4OS. The molecule has 1 N–H and O–H groups in total. The zero-order valence-corrected chi connectivity index (χ0v) is 18.9. The van der Waals surface area contributed by atoms with Gasteiger partial charge in [-0.1, -0.05) is 78.4 Å². The first kappa shape index (κ1) is 21.7. The van der Waals surface area contributed by atoms with Crippen LogP contribution in [0.4, 0.5) is 5.69 Å². The molecule has 0 bridgehead atoms. The maximum Gasteiger partial charge on any atom is 0.228 e. The Morgan fingerprint density at radius 3 is 2.31 bits per heavy atom. The molecule has 1 heterocycles. The van der Waals surface area contributed by atoms with Gasteiger partial charge in [0, 0.05) is 30.8 Å². The number of hydrogen-bond donors (Lipinski definition) is 1. The van der Waals surface area contributed by atoms with Crippen molar-refractivity contribution >= 4 is 23.8 Å². The summed E-state index contributed by atoms with van der Waals surface area (Å²) in [5.41, 5.74) is 4.27. The Hall–Kier alpha value is -3.51. The highest BCUT2D eigenvalue weighted by Gasteiger charge is 2.17. The number of benzene rings is 3. The molecule has 1 aromatic heterocycles. The molecule has 4 aromatic rings. The van der Waals surface area contributed by atoms with Gasteiger partial charge in [0.1, 0.15) is 0 Å². The van der Waals surface area contributed by atoms with E-state index < -0.39 is 0 Å². The van der Waals surface area contributed by atoms with Crippen molar-refractivity contribution in [3.63, 3.8) is 0 Å². The van der Waals surface area contributed by atoms with Crippen molar-refractivity contribution in [2.45, 2.75) is 26.3 Å². The van der Waals surface area contributed by atoms with Crippen molar-refractivity contribution in [2.75, 3.05) is 11.4 Å². The topological polar surface area (TPSA) is 53.9 Å². The van der Waals surface area contributed by atoms with Crippen LogP contribution >= 0.6 is 12.2 Å². The normalized spacial score (nSPS) is 10.8. The number of hydrogen-bond acceptors (Lipinski definition) is 3. The highest BCUT2D eigenvalue weighted by atomic mass is 32.1. The zero-order chi connectivity index (χ0) is 22.3. The van der Waals surface area contributed by atoms with Gasteiger partial charge in [-0.2, -0.15) is 5.10 Å². The molecule has 0 aliphatic carbocycles. The number of H-pyrrole nitrogens is 1. The van der Waals surface area contributed by atoms with Gasteiger partial charge in [0.2, 0.25) is 5.91 Å². The van der Waals surface area contributed by atoms with E-state index in [2.05, 4.69) is 22.3 Å². The lowest BCUT2D eigenvalue weighted by Crippen LogP contribution is -2.33. The van der Waals surface area contributed by atoms with Crippen LogP contribution in [0.3, 0.4) is 0 Å². The van der Waals surface area contributed by atoms with Crippen LogP contribution in [-0.2, 0) is 17.8 Å². The number of nitrogens with one attached hydrogen (secondary N) is 1. The first-order valence-corrected chi connectivity index (χ1v) is 11.1. The zero-order valence-electron chi connectivity index (χ0n) is 18.1. The van der Waals surface area contributed by atoms with Crippen molar-refractivity contribution in [2.24, 2.45) is 0 Å². The summed E-state index contributed by atoms with van der Waals surface area (Å²) in [6.07, 6.45) is 1.12. The molecular weight excluding hydrogens is 416 g/mol. The highest BCUT2D eigenvalue weighted by Crippen LogP contribution is 2.20. The molecule has 0 fully saturated rings. The fourth-order valence-corrected chi connectivity index (χ4v) is 3.91. The van der Waals surface area contributed by atoms with Crippen molar-refractivity contribution in [3.8, 4) is 11.4 Å². The monoisotopic (exact) mass is 442 g/mol. The van der Waals surface area contributed by atoms with Gasteiger partial charge in [-0.25, -0.2) is 0 Å². The fourth-order valence-electron chi connectivity index (χ4n) is 3.68. The van der Waals surface area contributed by atoms with Gasteiger partial charge in [-0.15, -0.1) is 0 Å². The number of rotatable bonds is 8. The Labute approximate surface area is 193 Å². The largest absolute Gasteiger partial charge is 0.312 e. The standard InChI is InChI=1S/C26H26N4OS/c1-20-12-14-22(15-13-20)25-27-28-26(32)30(25)19-17-24(31)29(23-10-6-3-7-11-23)18-16-21-8-4-2-5-9-21/h2-15H,16-19H2,1H3,(H,28,32). The molecule has 0 aliphatic rings. The van der Waals surface area contributed by atoms with E-state index in [1.54, 1.807) is 0 Å². The molecule has 0 aliphatic heterocycles. The van der Waals surface area contributed by atoms with Gasteiger partial charge in [0.05, 0.1) is 0 Å². The lowest BCUT2D eigenvalue weighted by molar-refractivity contribution is -0.118. The molecule has 0 radical (unpaired) electrons. The first-order chi connectivity index (χ1) is 15.6. The maximum atomic E-state index is 13.3. The second-order valence-corrected chi connectivity index (χ2v) is 8.12. The summed E-state index contributed by atoms with van der Waals surface area (Å²) < 4.78 is 2.42. The van der Waals surface area contributed by atoms with Crippen LogP contribution in [0, 0.1) is 11.7 Å². The van der Waals surface area contributed by atoms with Crippen LogP contribution < -0.4 is 4.90 Å². The minimum absolute atomic E-state index is 0.0603. The predicted molar refractivity (Wildman–Crippen MR) is 131 cm³/mol. The number of nitrogens with zero attached hydrogens (tertiary/aromatic N) is 3. The summed E-state index contributed by atoms with van der Waals surface area (Å²) in [6, 6.07) is 28.2. The van der Waals surface area contributed by atoms with E-state index >= 15 is 0 Å². The summed E-state index contributed by atoms with van der Waals surface area (Å²) in [4.78, 5) is 15.2. The summed E-state index contributed by atoms with van der Waals surface area (Å²) in [7, 11) is 0. The Kier molecular flexibility index (Phi) is 6.92. The second kappa shape index (κ2) is 10.2. The average Bonchev–Trinajstić information content (AvgIpc) is 3.20. The molecule has 0 unspecified atom stereocenters. The number of aromatic amines is 1. The van der Waals surface area contributed by atoms with Crippen molar-refractivity contribution in [1.29, 1.82) is 0 Å². The van der Waals surface area contributed by atoms with E-state index in [4.69, 9.17) is 12.2 Å². The minimum Gasteiger partial charge on any atom is -0.312 e. The van der Waals surface area contributed by atoms with Crippen LogP contribution in [0.2, 0.25) is 0 Å². The average molecular weight is 443 g/mol. The maximum absolute atomic E-state index is 13.3. The number of amides is 1. The molecule has 4 rings (SSSR count). The van der Waals surface area contributed by atoms with E-state index in [1.165, 1.54) is 11.1 Å². The number of aryl methyl sites for hydroxylation is 1. The van der Waals surface area contributed by atoms with Gasteiger partial charge < -0.3 is 4.90 Å². The molecule has 162 valence electrons. The van der Waals surface area contributed by atoms with Crippen molar-refractivity contribution in [1.82, 2.24) is 14.8 Å². The number of carbonyl (C=O) groups is 1. The third-order valence-electron chi connectivity index (χ3n) is 5.45. The molecule has 3 aromatic carbocycles. The van der Waals surface area contributed by atoms with Crippen LogP contribution in [0.15, 0.2) is 84.9 Å². The molecule has 1 amide bonds. The minimum atomic E-state index is 0.0603. The number of anilines is 1. The molecule has 0 atom stereocenters. The smallest absolute Gasteiger partial charge is 0.228 e. The summed E-state index contributed by atoms with van der Waals surface area (Å²) >= 11 is 5.44.